The van der Waals surface area contributed by atoms with Gasteiger partial charge in [0.25, 0.3) is 0 Å². The normalized spacial score (nSPS) is 18.0. The summed E-state index contributed by atoms with van der Waals surface area (Å²) in [6.45, 7) is 0.778. The van der Waals surface area contributed by atoms with Gasteiger partial charge in [-0.1, -0.05) is 0 Å². The SMILES string of the molecule is O=C(NCc1ccco1)[C@@H]1CCCN1c1ccnc(C(F)(F)F)c1. The van der Waals surface area contributed by atoms with Gasteiger partial charge in [-0.3, -0.25) is 9.78 Å². The smallest absolute Gasteiger partial charge is 0.433 e. The van der Waals surface area contributed by atoms with Crippen molar-refractivity contribution in [2.24, 2.45) is 0 Å². The Morgan fingerprint density at radius 3 is 2.96 bits per heavy atom. The first kappa shape index (κ1) is 16.4. The number of hydrogen-bond donors (Lipinski definition) is 1. The minimum atomic E-state index is -4.51. The third kappa shape index (κ3) is 3.52. The molecule has 8 heteroatoms. The van der Waals surface area contributed by atoms with Crippen LogP contribution in [0.15, 0.2) is 41.1 Å². The summed E-state index contributed by atoms with van der Waals surface area (Å²) in [5.74, 6) is 0.394. The van der Waals surface area contributed by atoms with Gasteiger partial charge in [0.2, 0.25) is 5.91 Å². The van der Waals surface area contributed by atoms with Crippen LogP contribution in [0.25, 0.3) is 0 Å². The summed E-state index contributed by atoms with van der Waals surface area (Å²) < 4.78 is 43.6. The fourth-order valence-corrected chi connectivity index (χ4v) is 2.81. The maximum atomic E-state index is 12.8. The number of nitrogens with one attached hydrogen (secondary N) is 1. The van der Waals surface area contributed by atoms with Gasteiger partial charge in [-0.15, -0.1) is 0 Å². The molecule has 2 aromatic rings. The average molecular weight is 339 g/mol. The topological polar surface area (TPSA) is 58.4 Å². The Kier molecular flexibility index (Phi) is 4.46. The number of halogens is 3. The number of alkyl halides is 3. The Morgan fingerprint density at radius 1 is 1.42 bits per heavy atom. The van der Waals surface area contributed by atoms with Gasteiger partial charge in [-0.05, 0) is 37.1 Å². The molecule has 1 aliphatic rings. The van der Waals surface area contributed by atoms with Crippen LogP contribution >= 0.6 is 0 Å². The Labute approximate surface area is 136 Å². The average Bonchev–Trinajstić information content (AvgIpc) is 3.23. The molecule has 1 amide bonds. The van der Waals surface area contributed by atoms with E-state index in [9.17, 15) is 18.0 Å². The minimum absolute atomic E-state index is 0.228. The highest BCUT2D eigenvalue weighted by Gasteiger charge is 2.35. The van der Waals surface area contributed by atoms with Crippen LogP contribution in [0.2, 0.25) is 0 Å². The van der Waals surface area contributed by atoms with Gasteiger partial charge in [0.1, 0.15) is 17.5 Å². The Bertz CT molecular complexity index is 701. The lowest BCUT2D eigenvalue weighted by atomic mass is 10.2. The summed E-state index contributed by atoms with van der Waals surface area (Å²) in [6, 6.07) is 5.44. The highest BCUT2D eigenvalue weighted by Crippen LogP contribution is 2.32. The van der Waals surface area contributed by atoms with Crippen LogP contribution in [-0.2, 0) is 17.5 Å². The van der Waals surface area contributed by atoms with E-state index in [-0.39, 0.29) is 12.5 Å². The monoisotopic (exact) mass is 339 g/mol. The quantitative estimate of drug-likeness (QED) is 0.930. The van der Waals surface area contributed by atoms with Gasteiger partial charge < -0.3 is 14.6 Å². The summed E-state index contributed by atoms with van der Waals surface area (Å²) in [4.78, 5) is 17.4. The van der Waals surface area contributed by atoms with E-state index in [1.165, 1.54) is 12.3 Å². The van der Waals surface area contributed by atoms with Crippen molar-refractivity contribution in [1.82, 2.24) is 10.3 Å². The van der Waals surface area contributed by atoms with E-state index in [0.29, 0.717) is 24.4 Å². The van der Waals surface area contributed by atoms with E-state index in [1.807, 2.05) is 0 Å². The molecule has 0 aromatic carbocycles. The molecule has 0 saturated carbocycles. The van der Waals surface area contributed by atoms with Gasteiger partial charge in [0.15, 0.2) is 0 Å². The molecule has 0 bridgehead atoms. The highest BCUT2D eigenvalue weighted by molar-refractivity contribution is 5.85. The largest absolute Gasteiger partial charge is 0.467 e. The molecule has 3 rings (SSSR count). The molecule has 24 heavy (non-hydrogen) atoms. The third-order valence-electron chi connectivity index (χ3n) is 3.94. The Balaban J connectivity index is 1.72. The van der Waals surface area contributed by atoms with Crippen LogP contribution in [0.3, 0.4) is 0 Å². The Hall–Kier alpha value is -2.51. The number of furan rings is 1. The van der Waals surface area contributed by atoms with Crippen LogP contribution in [0.1, 0.15) is 24.3 Å². The van der Waals surface area contributed by atoms with E-state index >= 15 is 0 Å². The summed E-state index contributed by atoms with van der Waals surface area (Å²) in [5.41, 5.74) is -0.602. The van der Waals surface area contributed by atoms with Gasteiger partial charge in [0.05, 0.1) is 12.8 Å². The number of carbonyl (C=O) groups is 1. The lowest BCUT2D eigenvalue weighted by Gasteiger charge is -2.26. The van der Waals surface area contributed by atoms with Crippen LogP contribution in [0.4, 0.5) is 18.9 Å². The van der Waals surface area contributed by atoms with Gasteiger partial charge in [-0.2, -0.15) is 13.2 Å². The van der Waals surface area contributed by atoms with Gasteiger partial charge in [0, 0.05) is 18.4 Å². The molecule has 0 unspecified atom stereocenters. The first-order chi connectivity index (χ1) is 11.4. The van der Waals surface area contributed by atoms with E-state index < -0.39 is 17.9 Å². The molecule has 0 spiro atoms. The van der Waals surface area contributed by atoms with E-state index in [1.54, 1.807) is 17.0 Å². The molecule has 1 N–H and O–H groups in total. The Morgan fingerprint density at radius 2 is 2.25 bits per heavy atom. The molecule has 1 aliphatic heterocycles. The number of pyridine rings is 1. The molecule has 2 aromatic heterocycles. The standard InChI is InChI=1S/C16H16F3N3O2/c17-16(18,19)14-9-11(5-6-20-14)22-7-1-4-13(22)15(23)21-10-12-3-2-8-24-12/h2-3,5-6,8-9,13H,1,4,7,10H2,(H,21,23)/t13-/m0/s1. The fraction of sp³-hybridized carbons (Fsp3) is 0.375. The predicted octanol–water partition coefficient (Wildman–Crippen LogP) is 2.98. The second-order valence-electron chi connectivity index (χ2n) is 5.55. The summed E-state index contributed by atoms with van der Waals surface area (Å²) in [6.07, 6.45) is -0.545. The molecule has 5 nitrogen and oxygen atoms in total. The molecule has 3 heterocycles. The van der Waals surface area contributed by atoms with Gasteiger partial charge in [-0.25, -0.2) is 0 Å². The van der Waals surface area contributed by atoms with Crippen molar-refractivity contribution in [1.29, 1.82) is 0 Å². The number of anilines is 1. The number of nitrogens with zero attached hydrogens (tertiary/aromatic N) is 2. The van der Waals surface area contributed by atoms with Crippen LogP contribution < -0.4 is 10.2 Å². The molecule has 1 saturated heterocycles. The number of aromatic nitrogens is 1. The van der Waals surface area contributed by atoms with Crippen molar-refractivity contribution in [3.8, 4) is 0 Å². The third-order valence-corrected chi connectivity index (χ3v) is 3.94. The summed E-state index contributed by atoms with van der Waals surface area (Å²) in [5, 5.41) is 2.76. The van der Waals surface area contributed by atoms with Crippen molar-refractivity contribution in [2.75, 3.05) is 11.4 Å². The number of rotatable bonds is 4. The minimum Gasteiger partial charge on any atom is -0.467 e. The molecule has 0 radical (unpaired) electrons. The predicted molar refractivity (Wildman–Crippen MR) is 80.2 cm³/mol. The summed E-state index contributed by atoms with van der Waals surface area (Å²) in [7, 11) is 0. The second-order valence-corrected chi connectivity index (χ2v) is 5.55. The number of amides is 1. The zero-order valence-electron chi connectivity index (χ0n) is 12.7. The van der Waals surface area contributed by atoms with Crippen molar-refractivity contribution in [3.05, 3.63) is 48.2 Å². The molecule has 1 atom stereocenters. The van der Waals surface area contributed by atoms with Crippen molar-refractivity contribution < 1.29 is 22.4 Å². The molecule has 128 valence electrons. The zero-order chi connectivity index (χ0) is 17.2. The second kappa shape index (κ2) is 6.54. The molecular formula is C16H16F3N3O2. The maximum absolute atomic E-state index is 12.8. The van der Waals surface area contributed by atoms with Gasteiger partial charge >= 0.3 is 6.18 Å². The summed E-state index contributed by atoms with van der Waals surface area (Å²) >= 11 is 0. The fourth-order valence-electron chi connectivity index (χ4n) is 2.81. The number of carbonyl (C=O) groups excluding carboxylic acids is 1. The maximum Gasteiger partial charge on any atom is 0.433 e. The van der Waals surface area contributed by atoms with E-state index in [2.05, 4.69) is 10.3 Å². The highest BCUT2D eigenvalue weighted by atomic mass is 19.4. The van der Waals surface area contributed by atoms with Crippen molar-refractivity contribution in [2.45, 2.75) is 31.6 Å². The lowest BCUT2D eigenvalue weighted by Crippen LogP contribution is -2.43. The molecular weight excluding hydrogens is 323 g/mol. The van der Waals surface area contributed by atoms with E-state index in [0.717, 1.165) is 18.7 Å². The van der Waals surface area contributed by atoms with Crippen LogP contribution in [0.5, 0.6) is 0 Å². The first-order valence-corrected chi connectivity index (χ1v) is 7.55. The van der Waals surface area contributed by atoms with Crippen molar-refractivity contribution in [3.63, 3.8) is 0 Å². The van der Waals surface area contributed by atoms with Crippen LogP contribution in [0, 0.1) is 0 Å². The zero-order valence-corrected chi connectivity index (χ0v) is 12.7. The lowest BCUT2D eigenvalue weighted by molar-refractivity contribution is -0.141. The van der Waals surface area contributed by atoms with Crippen LogP contribution in [-0.4, -0.2) is 23.5 Å². The molecule has 1 fully saturated rings. The van der Waals surface area contributed by atoms with E-state index in [4.69, 9.17) is 4.42 Å². The first-order valence-electron chi connectivity index (χ1n) is 7.55. The van der Waals surface area contributed by atoms with Crippen molar-refractivity contribution >= 4 is 11.6 Å². The molecule has 0 aliphatic carbocycles. The number of hydrogen-bond acceptors (Lipinski definition) is 4.